The fraction of sp³-hybridized carbons (Fsp3) is 0.310. The molecule has 0 aliphatic heterocycles. The van der Waals surface area contributed by atoms with Crippen LogP contribution in [-0.2, 0) is 26.0 Å². The van der Waals surface area contributed by atoms with Gasteiger partial charge in [-0.3, -0.25) is 14.6 Å². The van der Waals surface area contributed by atoms with Crippen LogP contribution in [0, 0.1) is 5.92 Å². The highest BCUT2D eigenvalue weighted by Gasteiger charge is 2.33. The van der Waals surface area contributed by atoms with Gasteiger partial charge in [-0.25, -0.2) is 8.42 Å². The molecule has 0 saturated carbocycles. The van der Waals surface area contributed by atoms with Crippen molar-refractivity contribution in [1.82, 2.24) is 9.84 Å². The van der Waals surface area contributed by atoms with Crippen LogP contribution in [0.4, 0.5) is 0 Å². The lowest BCUT2D eigenvalue weighted by Crippen LogP contribution is -2.55. The minimum atomic E-state index is -4.28. The van der Waals surface area contributed by atoms with E-state index in [1.165, 1.54) is 12.1 Å². The van der Waals surface area contributed by atoms with Gasteiger partial charge in [0.05, 0.1) is 4.90 Å². The van der Waals surface area contributed by atoms with E-state index in [4.69, 9.17) is 4.42 Å². The van der Waals surface area contributed by atoms with Crippen molar-refractivity contribution in [3.63, 3.8) is 0 Å². The molecule has 0 aliphatic carbocycles. The Labute approximate surface area is 222 Å². The van der Waals surface area contributed by atoms with Gasteiger partial charge in [-0.1, -0.05) is 68.8 Å². The highest BCUT2D eigenvalue weighted by Crippen LogP contribution is 2.30. The zero-order valence-electron chi connectivity index (χ0n) is 21.5. The minimum Gasteiger partial charge on any atom is -0.456 e. The number of carbonyl (C=O) groups is 2. The third-order valence-corrected chi connectivity index (χ3v) is 8.07. The largest absolute Gasteiger partial charge is 0.456 e. The second kappa shape index (κ2) is 11.9. The molecule has 9 heteroatoms. The van der Waals surface area contributed by atoms with Gasteiger partial charge in [0, 0.05) is 17.2 Å². The predicted molar refractivity (Wildman–Crippen MR) is 146 cm³/mol. The van der Waals surface area contributed by atoms with Crippen LogP contribution in [0.2, 0.25) is 0 Å². The zero-order chi connectivity index (χ0) is 27.3. The predicted octanol–water partition coefficient (Wildman–Crippen LogP) is 4.61. The van der Waals surface area contributed by atoms with Crippen molar-refractivity contribution in [2.75, 3.05) is 6.61 Å². The van der Waals surface area contributed by atoms with Crippen molar-refractivity contribution >= 4 is 43.7 Å². The number of hydrogen-bond acceptors (Lipinski definition) is 6. The summed E-state index contributed by atoms with van der Waals surface area (Å²) in [5.74, 6) is -1.20. The summed E-state index contributed by atoms with van der Waals surface area (Å²) in [6.07, 6.45) is 1.31. The van der Waals surface area contributed by atoms with E-state index in [1.807, 2.05) is 62.4 Å². The molecule has 2 N–H and O–H groups in total. The third-order valence-electron chi connectivity index (χ3n) is 6.75. The van der Waals surface area contributed by atoms with Crippen molar-refractivity contribution in [3.05, 3.63) is 78.4 Å². The van der Waals surface area contributed by atoms with Crippen molar-refractivity contribution in [1.29, 1.82) is 0 Å². The SMILES string of the molecule is CCC(C)CC(=O)N(NS(=O)(=O)c1ccc2oc3ccccc3c2c1)[C@@H](CCc1ccccc1)C(=O)CO. The summed E-state index contributed by atoms with van der Waals surface area (Å²) in [5, 5.41) is 12.0. The summed E-state index contributed by atoms with van der Waals surface area (Å²) < 4.78 is 33.0. The van der Waals surface area contributed by atoms with Crippen molar-refractivity contribution in [2.24, 2.45) is 5.92 Å². The van der Waals surface area contributed by atoms with Crippen molar-refractivity contribution in [2.45, 2.75) is 50.5 Å². The number of sulfonamides is 1. The maximum atomic E-state index is 13.6. The van der Waals surface area contributed by atoms with Gasteiger partial charge >= 0.3 is 0 Å². The number of fused-ring (bicyclic) bond motifs is 3. The number of aliphatic hydroxyl groups excluding tert-OH is 1. The average Bonchev–Trinajstić information content (AvgIpc) is 3.30. The van der Waals surface area contributed by atoms with Gasteiger partial charge in [0.25, 0.3) is 10.0 Å². The standard InChI is InChI=1S/C29H32N2O6S/c1-3-20(2)17-29(34)31(25(26(33)19-32)15-13-21-9-5-4-6-10-21)30-38(35,36)22-14-16-28-24(18-22)23-11-7-8-12-27(23)37-28/h4-12,14,16,18,20,25,30,32H,3,13,15,17,19H2,1-2H3/t20?,25-/m0/s1. The quantitative estimate of drug-likeness (QED) is 0.256. The van der Waals surface area contributed by atoms with Crippen LogP contribution < -0.4 is 4.83 Å². The van der Waals surface area contributed by atoms with E-state index in [0.717, 1.165) is 16.0 Å². The number of furan rings is 1. The molecule has 0 spiro atoms. The number of nitrogens with zero attached hydrogens (tertiary/aromatic N) is 1. The lowest BCUT2D eigenvalue weighted by molar-refractivity contribution is -0.143. The smallest absolute Gasteiger partial charge is 0.257 e. The van der Waals surface area contributed by atoms with E-state index >= 15 is 0 Å². The Bertz CT molecular complexity index is 1530. The fourth-order valence-corrected chi connectivity index (χ4v) is 5.48. The highest BCUT2D eigenvalue weighted by molar-refractivity contribution is 7.89. The molecule has 38 heavy (non-hydrogen) atoms. The topological polar surface area (TPSA) is 117 Å². The minimum absolute atomic E-state index is 0.0258. The molecule has 2 atom stereocenters. The number of ketones is 1. The molecule has 4 rings (SSSR count). The van der Waals surface area contributed by atoms with Gasteiger partial charge in [-0.05, 0) is 48.6 Å². The van der Waals surface area contributed by atoms with Crippen LogP contribution in [0.5, 0.6) is 0 Å². The highest BCUT2D eigenvalue weighted by atomic mass is 32.2. The molecule has 0 bridgehead atoms. The molecule has 0 fully saturated rings. The van der Waals surface area contributed by atoms with Crippen LogP contribution in [0.25, 0.3) is 21.9 Å². The second-order valence-corrected chi connectivity index (χ2v) is 11.2. The molecular formula is C29H32N2O6S. The number of aryl methyl sites for hydroxylation is 1. The van der Waals surface area contributed by atoms with Crippen LogP contribution in [0.3, 0.4) is 0 Å². The summed E-state index contributed by atoms with van der Waals surface area (Å²) in [6, 6.07) is 20.0. The van der Waals surface area contributed by atoms with Gasteiger partial charge in [0.2, 0.25) is 5.91 Å². The maximum absolute atomic E-state index is 13.6. The number of benzene rings is 3. The molecule has 1 amide bonds. The van der Waals surface area contributed by atoms with Crippen molar-refractivity contribution in [3.8, 4) is 0 Å². The summed E-state index contributed by atoms with van der Waals surface area (Å²) in [6.45, 7) is 3.00. The van der Waals surface area contributed by atoms with E-state index < -0.39 is 34.4 Å². The first-order valence-corrected chi connectivity index (χ1v) is 14.1. The Kier molecular flexibility index (Phi) is 8.61. The number of hydrogen-bond donors (Lipinski definition) is 2. The Hall–Kier alpha value is -3.53. The normalized spacial score (nSPS) is 13.4. The van der Waals surface area contributed by atoms with Gasteiger partial charge in [-0.2, -0.15) is 0 Å². The number of nitrogens with one attached hydrogen (secondary N) is 1. The summed E-state index contributed by atoms with van der Waals surface area (Å²) in [7, 11) is -4.28. The maximum Gasteiger partial charge on any atom is 0.257 e. The first kappa shape index (κ1) is 27.5. The Balaban J connectivity index is 1.69. The Morgan fingerprint density at radius 3 is 2.37 bits per heavy atom. The molecule has 0 saturated heterocycles. The lowest BCUT2D eigenvalue weighted by atomic mass is 10.00. The third kappa shape index (κ3) is 6.12. The second-order valence-electron chi connectivity index (χ2n) is 9.50. The fourth-order valence-electron chi connectivity index (χ4n) is 4.37. The number of Topliss-reactive ketones (excluding diaryl/α,β-unsaturated/α-hetero) is 1. The summed E-state index contributed by atoms with van der Waals surface area (Å²) in [5.41, 5.74) is 2.09. The van der Waals surface area contributed by atoms with Crippen LogP contribution >= 0.6 is 0 Å². The van der Waals surface area contributed by atoms with Gasteiger partial charge in [0.15, 0.2) is 5.78 Å². The average molecular weight is 537 g/mol. The van der Waals surface area contributed by atoms with Gasteiger partial charge in [-0.15, -0.1) is 4.83 Å². The lowest BCUT2D eigenvalue weighted by Gasteiger charge is -2.31. The van der Waals surface area contributed by atoms with Crippen LogP contribution in [0.15, 0.2) is 82.1 Å². The first-order chi connectivity index (χ1) is 18.2. The molecule has 1 unspecified atom stereocenters. The molecule has 1 heterocycles. The van der Waals surface area contributed by atoms with Gasteiger partial charge in [0.1, 0.15) is 23.8 Å². The zero-order valence-corrected chi connectivity index (χ0v) is 22.3. The molecule has 8 nitrogen and oxygen atoms in total. The Morgan fingerprint density at radius 1 is 0.974 bits per heavy atom. The number of para-hydroxylation sites is 1. The summed E-state index contributed by atoms with van der Waals surface area (Å²) in [4.78, 5) is 28.6. The summed E-state index contributed by atoms with van der Waals surface area (Å²) >= 11 is 0. The van der Waals surface area contributed by atoms with E-state index in [-0.39, 0.29) is 23.7 Å². The molecule has 4 aromatic rings. The molecule has 1 aromatic heterocycles. The molecule has 3 aromatic carbocycles. The molecule has 200 valence electrons. The van der Waals surface area contributed by atoms with Crippen LogP contribution in [-0.4, -0.2) is 42.9 Å². The number of amides is 1. The monoisotopic (exact) mass is 536 g/mol. The number of rotatable bonds is 12. The molecule has 0 aliphatic rings. The van der Waals surface area contributed by atoms with Gasteiger partial charge < -0.3 is 9.52 Å². The van der Waals surface area contributed by atoms with Crippen LogP contribution in [0.1, 0.15) is 38.7 Å². The van der Waals surface area contributed by atoms with E-state index in [0.29, 0.717) is 29.4 Å². The number of carbonyl (C=O) groups excluding carboxylic acids is 2. The van der Waals surface area contributed by atoms with Crippen molar-refractivity contribution < 1.29 is 27.5 Å². The number of aliphatic hydroxyl groups is 1. The molecular weight excluding hydrogens is 504 g/mol. The first-order valence-electron chi connectivity index (χ1n) is 12.7. The van der Waals surface area contributed by atoms with E-state index in [1.54, 1.807) is 12.1 Å². The van der Waals surface area contributed by atoms with E-state index in [9.17, 15) is 23.1 Å². The van der Waals surface area contributed by atoms with E-state index in [2.05, 4.69) is 4.83 Å². The Morgan fingerprint density at radius 2 is 1.66 bits per heavy atom. The molecule has 0 radical (unpaired) electrons. The number of hydrazine groups is 1.